The third-order valence-corrected chi connectivity index (χ3v) is 4.03. The molecule has 1 heterocycles. The van der Waals surface area contributed by atoms with Crippen molar-refractivity contribution >= 4 is 5.91 Å². The fourth-order valence-corrected chi connectivity index (χ4v) is 2.60. The Morgan fingerprint density at radius 1 is 1.35 bits per heavy atom. The second-order valence-corrected chi connectivity index (χ2v) is 5.40. The molecule has 1 atom stereocenters. The Kier molecular flexibility index (Phi) is 5.56. The monoisotopic (exact) mass is 276 g/mol. The number of amides is 1. The van der Waals surface area contributed by atoms with Gasteiger partial charge in [-0.15, -0.1) is 0 Å². The van der Waals surface area contributed by atoms with Gasteiger partial charge in [-0.25, -0.2) is 0 Å². The topological polar surface area (TPSA) is 55.6 Å². The van der Waals surface area contributed by atoms with Crippen molar-refractivity contribution in [1.29, 1.82) is 0 Å². The Morgan fingerprint density at radius 3 is 2.65 bits per heavy atom. The summed E-state index contributed by atoms with van der Waals surface area (Å²) in [5.41, 5.74) is 7.22. The van der Waals surface area contributed by atoms with Crippen molar-refractivity contribution in [3.63, 3.8) is 0 Å². The van der Waals surface area contributed by atoms with E-state index in [-0.39, 0.29) is 11.9 Å². The summed E-state index contributed by atoms with van der Waals surface area (Å²) in [7, 11) is 1.90. The first-order valence-corrected chi connectivity index (χ1v) is 7.32. The molecule has 0 aromatic heterocycles. The van der Waals surface area contributed by atoms with Crippen LogP contribution in [0.15, 0.2) is 30.3 Å². The SMILES string of the molecule is CN(C(=O)CCC(N)c1ccccc1)C1CCOCC1. The van der Waals surface area contributed by atoms with Crippen LogP contribution in [0.2, 0.25) is 0 Å². The van der Waals surface area contributed by atoms with Crippen LogP contribution in [0.4, 0.5) is 0 Å². The summed E-state index contributed by atoms with van der Waals surface area (Å²) in [5, 5.41) is 0. The number of benzene rings is 1. The van der Waals surface area contributed by atoms with Crippen LogP contribution >= 0.6 is 0 Å². The van der Waals surface area contributed by atoms with Gasteiger partial charge in [0.2, 0.25) is 5.91 Å². The summed E-state index contributed by atoms with van der Waals surface area (Å²) in [6.07, 6.45) is 3.07. The van der Waals surface area contributed by atoms with Crippen molar-refractivity contribution < 1.29 is 9.53 Å². The normalized spacial score (nSPS) is 17.7. The fraction of sp³-hybridized carbons (Fsp3) is 0.562. The number of nitrogens with two attached hydrogens (primary N) is 1. The summed E-state index contributed by atoms with van der Waals surface area (Å²) >= 11 is 0. The Hall–Kier alpha value is -1.39. The zero-order valence-corrected chi connectivity index (χ0v) is 12.1. The molecule has 1 aromatic rings. The minimum Gasteiger partial charge on any atom is -0.381 e. The van der Waals surface area contributed by atoms with Crippen molar-refractivity contribution in [2.24, 2.45) is 5.73 Å². The molecule has 4 heteroatoms. The van der Waals surface area contributed by atoms with Crippen molar-refractivity contribution in [2.75, 3.05) is 20.3 Å². The molecule has 1 aliphatic heterocycles. The maximum atomic E-state index is 12.2. The molecule has 1 unspecified atom stereocenters. The third-order valence-electron chi connectivity index (χ3n) is 4.03. The van der Waals surface area contributed by atoms with Crippen LogP contribution < -0.4 is 5.73 Å². The van der Waals surface area contributed by atoms with Gasteiger partial charge in [0.15, 0.2) is 0 Å². The van der Waals surface area contributed by atoms with E-state index in [1.54, 1.807) is 0 Å². The van der Waals surface area contributed by atoms with Crippen LogP contribution in [0.5, 0.6) is 0 Å². The van der Waals surface area contributed by atoms with Crippen LogP contribution in [-0.2, 0) is 9.53 Å². The summed E-state index contributed by atoms with van der Waals surface area (Å²) in [4.78, 5) is 14.1. The molecule has 110 valence electrons. The number of nitrogens with zero attached hydrogens (tertiary/aromatic N) is 1. The molecule has 20 heavy (non-hydrogen) atoms. The van der Waals surface area contributed by atoms with Gasteiger partial charge in [0.05, 0.1) is 0 Å². The predicted molar refractivity (Wildman–Crippen MR) is 79.2 cm³/mol. The molecule has 0 saturated carbocycles. The van der Waals surface area contributed by atoms with Crippen LogP contribution in [-0.4, -0.2) is 37.1 Å². The summed E-state index contributed by atoms with van der Waals surface area (Å²) in [6.45, 7) is 1.51. The molecule has 4 nitrogen and oxygen atoms in total. The number of hydrogen-bond donors (Lipinski definition) is 1. The molecule has 0 spiro atoms. The molecule has 1 saturated heterocycles. The van der Waals surface area contributed by atoms with Crippen LogP contribution in [0, 0.1) is 0 Å². The van der Waals surface area contributed by atoms with E-state index in [0.717, 1.165) is 31.6 Å². The van der Waals surface area contributed by atoms with E-state index >= 15 is 0 Å². The predicted octanol–water partition coefficient (Wildman–Crippen LogP) is 2.10. The van der Waals surface area contributed by atoms with Gasteiger partial charge in [0.1, 0.15) is 0 Å². The Balaban J connectivity index is 1.79. The zero-order valence-electron chi connectivity index (χ0n) is 12.1. The lowest BCUT2D eigenvalue weighted by atomic mass is 10.0. The lowest BCUT2D eigenvalue weighted by Crippen LogP contribution is -2.40. The first kappa shape index (κ1) is 15.0. The van der Waals surface area contributed by atoms with E-state index in [9.17, 15) is 4.79 Å². The Morgan fingerprint density at radius 2 is 2.00 bits per heavy atom. The van der Waals surface area contributed by atoms with Crippen LogP contribution in [0.3, 0.4) is 0 Å². The molecule has 2 rings (SSSR count). The van der Waals surface area contributed by atoms with Gasteiger partial charge in [-0.05, 0) is 24.8 Å². The largest absolute Gasteiger partial charge is 0.381 e. The van der Waals surface area contributed by atoms with Crippen molar-refractivity contribution in [1.82, 2.24) is 4.90 Å². The van der Waals surface area contributed by atoms with E-state index in [1.165, 1.54) is 0 Å². The van der Waals surface area contributed by atoms with Crippen LogP contribution in [0.25, 0.3) is 0 Å². The average Bonchev–Trinajstić information content (AvgIpc) is 2.53. The van der Waals surface area contributed by atoms with Gasteiger partial charge in [-0.3, -0.25) is 4.79 Å². The molecule has 0 bridgehead atoms. The number of ether oxygens (including phenoxy) is 1. The van der Waals surface area contributed by atoms with E-state index in [2.05, 4.69) is 0 Å². The van der Waals surface area contributed by atoms with Gasteiger partial charge in [0, 0.05) is 38.8 Å². The highest BCUT2D eigenvalue weighted by atomic mass is 16.5. The lowest BCUT2D eigenvalue weighted by Gasteiger charge is -2.31. The number of carbonyl (C=O) groups is 1. The highest BCUT2D eigenvalue weighted by molar-refractivity contribution is 5.76. The highest BCUT2D eigenvalue weighted by Crippen LogP contribution is 2.18. The summed E-state index contributed by atoms with van der Waals surface area (Å²) in [5.74, 6) is 0.184. The minimum atomic E-state index is -0.0664. The van der Waals surface area contributed by atoms with Crippen molar-refractivity contribution in [2.45, 2.75) is 37.8 Å². The van der Waals surface area contributed by atoms with Crippen LogP contribution in [0.1, 0.15) is 37.3 Å². The second-order valence-electron chi connectivity index (χ2n) is 5.40. The number of carbonyl (C=O) groups excluding carboxylic acids is 1. The van der Waals surface area contributed by atoms with Crippen molar-refractivity contribution in [3.8, 4) is 0 Å². The zero-order chi connectivity index (χ0) is 14.4. The average molecular weight is 276 g/mol. The first-order chi connectivity index (χ1) is 9.68. The fourth-order valence-electron chi connectivity index (χ4n) is 2.60. The molecular formula is C16H24N2O2. The van der Waals surface area contributed by atoms with Gasteiger partial charge < -0.3 is 15.4 Å². The molecule has 1 fully saturated rings. The first-order valence-electron chi connectivity index (χ1n) is 7.32. The van der Waals surface area contributed by atoms with Crippen molar-refractivity contribution in [3.05, 3.63) is 35.9 Å². The second kappa shape index (κ2) is 7.41. The van der Waals surface area contributed by atoms with E-state index < -0.39 is 0 Å². The van der Waals surface area contributed by atoms with Gasteiger partial charge >= 0.3 is 0 Å². The van der Waals surface area contributed by atoms with E-state index in [0.29, 0.717) is 18.9 Å². The Labute approximate surface area is 120 Å². The standard InChI is InChI=1S/C16H24N2O2/c1-18(14-9-11-20-12-10-14)16(19)8-7-15(17)13-5-3-2-4-6-13/h2-6,14-15H,7-12,17H2,1H3. The van der Waals surface area contributed by atoms with E-state index in [4.69, 9.17) is 10.5 Å². The number of rotatable bonds is 5. The van der Waals surface area contributed by atoms with Gasteiger partial charge in [-0.1, -0.05) is 30.3 Å². The lowest BCUT2D eigenvalue weighted by molar-refractivity contribution is -0.133. The molecule has 1 aliphatic rings. The quantitative estimate of drug-likeness (QED) is 0.896. The molecule has 0 radical (unpaired) electrons. The third kappa shape index (κ3) is 4.05. The molecule has 0 aliphatic carbocycles. The van der Waals surface area contributed by atoms with Gasteiger partial charge in [0.25, 0.3) is 0 Å². The summed E-state index contributed by atoms with van der Waals surface area (Å²) in [6, 6.07) is 10.2. The highest BCUT2D eigenvalue weighted by Gasteiger charge is 2.22. The maximum Gasteiger partial charge on any atom is 0.222 e. The Bertz CT molecular complexity index is 416. The minimum absolute atomic E-state index is 0.0664. The van der Waals surface area contributed by atoms with Gasteiger partial charge in [-0.2, -0.15) is 0 Å². The molecule has 2 N–H and O–H groups in total. The molecular weight excluding hydrogens is 252 g/mol. The smallest absolute Gasteiger partial charge is 0.222 e. The maximum absolute atomic E-state index is 12.2. The van der Waals surface area contributed by atoms with E-state index in [1.807, 2.05) is 42.3 Å². The number of hydrogen-bond acceptors (Lipinski definition) is 3. The summed E-state index contributed by atoms with van der Waals surface area (Å²) < 4.78 is 5.33. The molecule has 1 amide bonds. The molecule has 1 aromatic carbocycles.